The normalized spacial score (nSPS) is 24.9. The number of hydrogen-bond donors (Lipinski definition) is 1. The molecule has 0 bridgehead atoms. The monoisotopic (exact) mass is 274 g/mol. The van der Waals surface area contributed by atoms with E-state index >= 15 is 0 Å². The van der Waals surface area contributed by atoms with Crippen molar-refractivity contribution in [1.82, 2.24) is 10.2 Å². The molecule has 20 heavy (non-hydrogen) atoms. The second-order valence-corrected chi connectivity index (χ2v) is 6.45. The fourth-order valence-corrected chi connectivity index (χ4v) is 3.68. The predicted octanol–water partition coefficient (Wildman–Crippen LogP) is 3.77. The van der Waals surface area contributed by atoms with Crippen molar-refractivity contribution in [2.75, 3.05) is 20.1 Å². The molecule has 1 saturated heterocycles. The van der Waals surface area contributed by atoms with Crippen molar-refractivity contribution < 1.29 is 0 Å². The van der Waals surface area contributed by atoms with Gasteiger partial charge in [0.25, 0.3) is 0 Å². The second kappa shape index (κ2) is 7.24. The molecule has 2 atom stereocenters. The Morgan fingerprint density at radius 2 is 2.00 bits per heavy atom. The van der Waals surface area contributed by atoms with E-state index in [1.165, 1.54) is 36.9 Å². The Kier molecular flexibility index (Phi) is 5.62. The van der Waals surface area contributed by atoms with Crippen molar-refractivity contribution in [3.05, 3.63) is 35.4 Å². The highest BCUT2D eigenvalue weighted by Crippen LogP contribution is 2.37. The zero-order valence-corrected chi connectivity index (χ0v) is 13.5. The van der Waals surface area contributed by atoms with E-state index in [0.717, 1.165) is 6.54 Å². The lowest BCUT2D eigenvalue weighted by molar-refractivity contribution is 0.118. The Balaban J connectivity index is 2.39. The van der Waals surface area contributed by atoms with Crippen LogP contribution in [0.1, 0.15) is 50.3 Å². The first kappa shape index (κ1) is 15.5. The van der Waals surface area contributed by atoms with Gasteiger partial charge < -0.3 is 5.32 Å². The number of rotatable bonds is 4. The van der Waals surface area contributed by atoms with E-state index in [1.54, 1.807) is 0 Å². The number of nitrogens with zero attached hydrogens (tertiary/aromatic N) is 1. The number of hydrogen-bond acceptors (Lipinski definition) is 2. The number of benzene rings is 1. The van der Waals surface area contributed by atoms with E-state index in [1.807, 2.05) is 0 Å². The number of likely N-dealkylation sites (tertiary alicyclic amines) is 1. The first-order valence-corrected chi connectivity index (χ1v) is 8.11. The van der Waals surface area contributed by atoms with Gasteiger partial charge in [-0.1, -0.05) is 30.7 Å². The van der Waals surface area contributed by atoms with Crippen LogP contribution in [0.4, 0.5) is 0 Å². The van der Waals surface area contributed by atoms with Gasteiger partial charge in [0.2, 0.25) is 0 Å². The molecular weight excluding hydrogens is 244 g/mol. The highest BCUT2D eigenvalue weighted by Gasteiger charge is 2.32. The van der Waals surface area contributed by atoms with Crippen molar-refractivity contribution >= 4 is 0 Å². The van der Waals surface area contributed by atoms with Crippen molar-refractivity contribution in [3.8, 4) is 0 Å². The van der Waals surface area contributed by atoms with Crippen LogP contribution in [0.5, 0.6) is 0 Å². The van der Waals surface area contributed by atoms with Gasteiger partial charge >= 0.3 is 0 Å². The van der Waals surface area contributed by atoms with Crippen molar-refractivity contribution in [2.24, 2.45) is 5.92 Å². The van der Waals surface area contributed by atoms with Gasteiger partial charge in [0.15, 0.2) is 0 Å². The van der Waals surface area contributed by atoms with Crippen LogP contribution in [-0.4, -0.2) is 31.1 Å². The first-order chi connectivity index (χ1) is 9.65. The third-order valence-electron chi connectivity index (χ3n) is 4.68. The molecule has 1 aromatic carbocycles. The fraction of sp³-hybridized carbons (Fsp3) is 0.667. The summed E-state index contributed by atoms with van der Waals surface area (Å²) in [6, 6.07) is 10.1. The third kappa shape index (κ3) is 3.42. The summed E-state index contributed by atoms with van der Waals surface area (Å²) in [4.78, 5) is 2.72. The van der Waals surface area contributed by atoms with Crippen LogP contribution in [0, 0.1) is 12.8 Å². The van der Waals surface area contributed by atoms with E-state index in [0.29, 0.717) is 18.0 Å². The molecular formula is C18H30N2. The van der Waals surface area contributed by atoms with Crippen LogP contribution in [0.25, 0.3) is 0 Å². The minimum Gasteiger partial charge on any atom is -0.319 e. The fourth-order valence-electron chi connectivity index (χ4n) is 3.68. The van der Waals surface area contributed by atoms with Gasteiger partial charge in [-0.2, -0.15) is 0 Å². The van der Waals surface area contributed by atoms with Gasteiger partial charge in [-0.15, -0.1) is 0 Å². The van der Waals surface area contributed by atoms with Gasteiger partial charge in [0.05, 0.1) is 0 Å². The molecule has 1 fully saturated rings. The Morgan fingerprint density at radius 3 is 2.65 bits per heavy atom. The van der Waals surface area contributed by atoms with Crippen LogP contribution < -0.4 is 5.32 Å². The van der Waals surface area contributed by atoms with E-state index in [-0.39, 0.29) is 0 Å². The third-order valence-corrected chi connectivity index (χ3v) is 4.68. The SMILES string of the molecule is CNCC1CCCCN(C(C)C)C1c1ccccc1C. The highest BCUT2D eigenvalue weighted by molar-refractivity contribution is 5.29. The maximum absolute atomic E-state index is 3.42. The average molecular weight is 274 g/mol. The van der Waals surface area contributed by atoms with Crippen LogP contribution in [0.15, 0.2) is 24.3 Å². The van der Waals surface area contributed by atoms with Crippen molar-refractivity contribution in [3.63, 3.8) is 0 Å². The molecule has 0 saturated carbocycles. The summed E-state index contributed by atoms with van der Waals surface area (Å²) >= 11 is 0. The molecule has 112 valence electrons. The van der Waals surface area contributed by atoms with E-state index in [4.69, 9.17) is 0 Å². The summed E-state index contributed by atoms with van der Waals surface area (Å²) in [6.45, 7) is 9.29. The highest BCUT2D eigenvalue weighted by atomic mass is 15.2. The molecule has 1 aliphatic heterocycles. The van der Waals surface area contributed by atoms with E-state index in [9.17, 15) is 0 Å². The molecule has 0 radical (unpaired) electrons. The van der Waals surface area contributed by atoms with Crippen LogP contribution in [0.2, 0.25) is 0 Å². The van der Waals surface area contributed by atoms with E-state index in [2.05, 4.69) is 62.3 Å². The Labute approximate surface area is 124 Å². The smallest absolute Gasteiger partial charge is 0.0393 e. The molecule has 1 N–H and O–H groups in total. The zero-order chi connectivity index (χ0) is 14.5. The maximum Gasteiger partial charge on any atom is 0.0393 e. The minimum atomic E-state index is 0.561. The average Bonchev–Trinajstić information content (AvgIpc) is 2.62. The summed E-state index contributed by atoms with van der Waals surface area (Å²) in [5, 5.41) is 3.42. The number of nitrogens with one attached hydrogen (secondary N) is 1. The summed E-state index contributed by atoms with van der Waals surface area (Å²) in [5.41, 5.74) is 2.97. The molecule has 0 spiro atoms. The van der Waals surface area contributed by atoms with Gasteiger partial charge in [0, 0.05) is 12.1 Å². The molecule has 1 aliphatic rings. The predicted molar refractivity (Wildman–Crippen MR) is 87.0 cm³/mol. The zero-order valence-electron chi connectivity index (χ0n) is 13.5. The first-order valence-electron chi connectivity index (χ1n) is 8.11. The molecule has 0 aromatic heterocycles. The molecule has 2 unspecified atom stereocenters. The van der Waals surface area contributed by atoms with Crippen LogP contribution in [0.3, 0.4) is 0 Å². The minimum absolute atomic E-state index is 0.561. The van der Waals surface area contributed by atoms with Crippen LogP contribution >= 0.6 is 0 Å². The van der Waals surface area contributed by atoms with Gasteiger partial charge in [-0.05, 0) is 70.8 Å². The molecule has 1 heterocycles. The molecule has 2 nitrogen and oxygen atoms in total. The lowest BCUT2D eigenvalue weighted by Gasteiger charge is -2.39. The van der Waals surface area contributed by atoms with Gasteiger partial charge in [-0.3, -0.25) is 4.90 Å². The Bertz CT molecular complexity index is 414. The topological polar surface area (TPSA) is 15.3 Å². The molecule has 0 amide bonds. The summed E-state index contributed by atoms with van der Waals surface area (Å²) < 4.78 is 0. The lowest BCUT2D eigenvalue weighted by Crippen LogP contribution is -2.40. The van der Waals surface area contributed by atoms with Gasteiger partial charge in [0.1, 0.15) is 0 Å². The molecule has 2 rings (SSSR count). The van der Waals surface area contributed by atoms with Crippen molar-refractivity contribution in [1.29, 1.82) is 0 Å². The van der Waals surface area contributed by atoms with Gasteiger partial charge in [-0.25, -0.2) is 0 Å². The Hall–Kier alpha value is -0.860. The molecule has 2 heteroatoms. The van der Waals surface area contributed by atoms with E-state index < -0.39 is 0 Å². The maximum atomic E-state index is 3.42. The summed E-state index contributed by atoms with van der Waals surface area (Å²) in [5.74, 6) is 0.714. The second-order valence-electron chi connectivity index (χ2n) is 6.45. The lowest BCUT2D eigenvalue weighted by atomic mass is 9.86. The van der Waals surface area contributed by atoms with Crippen molar-refractivity contribution in [2.45, 2.75) is 52.1 Å². The Morgan fingerprint density at radius 1 is 1.25 bits per heavy atom. The molecule has 0 aliphatic carbocycles. The van der Waals surface area contributed by atoms with Crippen LogP contribution in [-0.2, 0) is 0 Å². The molecule has 1 aromatic rings. The quantitative estimate of drug-likeness (QED) is 0.899. The standard InChI is InChI=1S/C18H30N2/c1-14(2)20-12-8-7-10-16(13-19-4)18(20)17-11-6-5-9-15(17)3/h5-6,9,11,14,16,18-19H,7-8,10,12-13H2,1-4H3. The number of aryl methyl sites for hydroxylation is 1. The largest absolute Gasteiger partial charge is 0.319 e. The summed E-state index contributed by atoms with van der Waals surface area (Å²) in [7, 11) is 2.08. The summed E-state index contributed by atoms with van der Waals surface area (Å²) in [6.07, 6.45) is 4.03.